The van der Waals surface area contributed by atoms with Crippen molar-refractivity contribution in [1.82, 2.24) is 9.91 Å². The molecule has 1 atom stereocenters. The lowest BCUT2D eigenvalue weighted by atomic mass is 9.98. The highest BCUT2D eigenvalue weighted by atomic mass is 19.1. The Bertz CT molecular complexity index is 1180. The second-order valence-corrected chi connectivity index (χ2v) is 7.79. The molecule has 1 heterocycles. The van der Waals surface area contributed by atoms with Crippen LogP contribution in [0.3, 0.4) is 0 Å². The standard InChI is InChI=1S/C26H24FN3O3/c1-29(26(32)21-10-6-7-11-22(21)27)17-25(31)30-24(19-8-4-3-5-9-19)16-23(28-30)18-12-14-20(33-2)15-13-18/h3-15,24H,16-17H2,1-2H3. The molecule has 1 unspecified atom stereocenters. The van der Waals surface area contributed by atoms with Crippen LogP contribution in [0.25, 0.3) is 0 Å². The van der Waals surface area contributed by atoms with E-state index in [4.69, 9.17) is 4.74 Å². The van der Waals surface area contributed by atoms with Crippen molar-refractivity contribution >= 4 is 17.5 Å². The summed E-state index contributed by atoms with van der Waals surface area (Å²) in [6, 6.07) is 22.6. The number of likely N-dealkylation sites (N-methyl/N-ethyl adjacent to an activating group) is 1. The van der Waals surface area contributed by atoms with Crippen LogP contribution < -0.4 is 4.74 Å². The molecule has 0 radical (unpaired) electrons. The van der Waals surface area contributed by atoms with Crippen molar-refractivity contribution < 1.29 is 18.7 Å². The fourth-order valence-electron chi connectivity index (χ4n) is 3.82. The first-order valence-corrected chi connectivity index (χ1v) is 10.6. The second-order valence-electron chi connectivity index (χ2n) is 7.79. The first kappa shape index (κ1) is 22.2. The summed E-state index contributed by atoms with van der Waals surface area (Å²) in [5, 5.41) is 6.05. The molecule has 0 aromatic heterocycles. The van der Waals surface area contributed by atoms with E-state index in [1.165, 1.54) is 35.2 Å². The first-order valence-electron chi connectivity index (χ1n) is 10.6. The normalized spacial score (nSPS) is 15.2. The molecule has 0 spiro atoms. The average Bonchev–Trinajstić information content (AvgIpc) is 3.30. The Balaban J connectivity index is 1.58. The van der Waals surface area contributed by atoms with Crippen LogP contribution in [0.1, 0.15) is 33.9 Å². The Hall–Kier alpha value is -4.00. The fraction of sp³-hybridized carbons (Fsp3) is 0.192. The molecule has 1 aliphatic rings. The van der Waals surface area contributed by atoms with Crippen LogP contribution in [-0.2, 0) is 4.79 Å². The summed E-state index contributed by atoms with van der Waals surface area (Å²) < 4.78 is 19.3. The van der Waals surface area contributed by atoms with Gasteiger partial charge in [0.2, 0.25) is 0 Å². The maximum absolute atomic E-state index is 14.0. The van der Waals surface area contributed by atoms with Crippen molar-refractivity contribution in [3.05, 3.63) is 101 Å². The third kappa shape index (κ3) is 4.77. The summed E-state index contributed by atoms with van der Waals surface area (Å²) >= 11 is 0. The second kappa shape index (κ2) is 9.65. The third-order valence-corrected chi connectivity index (χ3v) is 5.60. The number of amides is 2. The minimum absolute atomic E-state index is 0.0729. The summed E-state index contributed by atoms with van der Waals surface area (Å²) in [5.74, 6) is -0.793. The molecular weight excluding hydrogens is 421 g/mol. The summed E-state index contributed by atoms with van der Waals surface area (Å²) in [4.78, 5) is 27.1. The minimum Gasteiger partial charge on any atom is -0.497 e. The van der Waals surface area contributed by atoms with Crippen LogP contribution in [0.5, 0.6) is 5.75 Å². The number of carbonyl (C=O) groups excluding carboxylic acids is 2. The zero-order chi connectivity index (χ0) is 23.4. The van der Waals surface area contributed by atoms with Gasteiger partial charge in [0.25, 0.3) is 11.8 Å². The molecule has 0 fully saturated rings. The Morgan fingerprint density at radius 1 is 1.03 bits per heavy atom. The first-order chi connectivity index (χ1) is 16.0. The van der Waals surface area contributed by atoms with Crippen molar-refractivity contribution in [1.29, 1.82) is 0 Å². The fourth-order valence-corrected chi connectivity index (χ4v) is 3.82. The van der Waals surface area contributed by atoms with Gasteiger partial charge in [0.1, 0.15) is 18.1 Å². The van der Waals surface area contributed by atoms with E-state index in [9.17, 15) is 14.0 Å². The van der Waals surface area contributed by atoms with E-state index in [1.807, 2.05) is 54.6 Å². The number of carbonyl (C=O) groups is 2. The quantitative estimate of drug-likeness (QED) is 0.569. The van der Waals surface area contributed by atoms with Crippen LogP contribution in [0, 0.1) is 5.82 Å². The number of nitrogens with zero attached hydrogens (tertiary/aromatic N) is 3. The van der Waals surface area contributed by atoms with Gasteiger partial charge in [0.15, 0.2) is 0 Å². The smallest absolute Gasteiger partial charge is 0.262 e. The van der Waals surface area contributed by atoms with Gasteiger partial charge in [-0.25, -0.2) is 9.40 Å². The zero-order valence-corrected chi connectivity index (χ0v) is 18.4. The maximum atomic E-state index is 14.0. The van der Waals surface area contributed by atoms with Crippen molar-refractivity contribution in [3.63, 3.8) is 0 Å². The SMILES string of the molecule is COc1ccc(C2=NN(C(=O)CN(C)C(=O)c3ccccc3F)C(c3ccccc3)C2)cc1. The van der Waals surface area contributed by atoms with Gasteiger partial charge in [-0.15, -0.1) is 0 Å². The molecule has 33 heavy (non-hydrogen) atoms. The molecule has 0 saturated heterocycles. The Kier molecular flexibility index (Phi) is 6.49. The third-order valence-electron chi connectivity index (χ3n) is 5.60. The van der Waals surface area contributed by atoms with E-state index >= 15 is 0 Å². The van der Waals surface area contributed by atoms with Crippen LogP contribution in [0.15, 0.2) is 84.0 Å². The van der Waals surface area contributed by atoms with Gasteiger partial charge in [-0.05, 0) is 47.5 Å². The number of hydrazone groups is 1. The van der Waals surface area contributed by atoms with Gasteiger partial charge in [0, 0.05) is 13.5 Å². The number of hydrogen-bond acceptors (Lipinski definition) is 4. The Labute approximate surface area is 191 Å². The number of benzene rings is 3. The topological polar surface area (TPSA) is 62.2 Å². The zero-order valence-electron chi connectivity index (χ0n) is 18.4. The molecule has 7 heteroatoms. The molecule has 3 aromatic carbocycles. The molecule has 0 aliphatic carbocycles. The van der Waals surface area contributed by atoms with Crippen LogP contribution in [-0.4, -0.2) is 48.1 Å². The minimum atomic E-state index is -0.620. The maximum Gasteiger partial charge on any atom is 0.262 e. The summed E-state index contributed by atoms with van der Waals surface area (Å²) in [7, 11) is 3.08. The highest BCUT2D eigenvalue weighted by molar-refractivity contribution is 6.03. The number of halogens is 1. The van der Waals surface area contributed by atoms with E-state index in [1.54, 1.807) is 13.2 Å². The van der Waals surface area contributed by atoms with E-state index in [2.05, 4.69) is 5.10 Å². The molecule has 168 valence electrons. The summed E-state index contributed by atoms with van der Waals surface area (Å²) in [6.07, 6.45) is 0.535. The number of hydrogen-bond donors (Lipinski definition) is 0. The predicted octanol–water partition coefficient (Wildman–Crippen LogP) is 4.28. The average molecular weight is 445 g/mol. The molecule has 0 bridgehead atoms. The van der Waals surface area contributed by atoms with Gasteiger partial charge in [0.05, 0.1) is 24.4 Å². The highest BCUT2D eigenvalue weighted by Gasteiger charge is 2.34. The molecule has 1 aliphatic heterocycles. The van der Waals surface area contributed by atoms with Gasteiger partial charge in [-0.1, -0.05) is 42.5 Å². The molecule has 0 saturated carbocycles. The van der Waals surface area contributed by atoms with Crippen molar-refractivity contribution in [2.24, 2.45) is 5.10 Å². The Morgan fingerprint density at radius 2 is 1.70 bits per heavy atom. The molecule has 0 N–H and O–H groups in total. The number of rotatable bonds is 6. The molecule has 2 amide bonds. The predicted molar refractivity (Wildman–Crippen MR) is 124 cm³/mol. The van der Waals surface area contributed by atoms with Crippen LogP contribution >= 0.6 is 0 Å². The largest absolute Gasteiger partial charge is 0.497 e. The lowest BCUT2D eigenvalue weighted by Gasteiger charge is -2.25. The van der Waals surface area contributed by atoms with E-state index in [-0.39, 0.29) is 24.1 Å². The molecular formula is C26H24FN3O3. The van der Waals surface area contributed by atoms with Gasteiger partial charge in [-0.2, -0.15) is 5.10 Å². The van der Waals surface area contributed by atoms with Crippen LogP contribution in [0.2, 0.25) is 0 Å². The highest BCUT2D eigenvalue weighted by Crippen LogP contribution is 2.33. The van der Waals surface area contributed by atoms with Crippen molar-refractivity contribution in [2.75, 3.05) is 20.7 Å². The number of ether oxygens (including phenoxy) is 1. The summed E-state index contributed by atoms with van der Waals surface area (Å²) in [6.45, 7) is -0.226. The van der Waals surface area contributed by atoms with Gasteiger partial charge in [-0.3, -0.25) is 9.59 Å². The van der Waals surface area contributed by atoms with Crippen LogP contribution in [0.4, 0.5) is 4.39 Å². The van der Waals surface area contributed by atoms with Gasteiger partial charge < -0.3 is 9.64 Å². The van der Waals surface area contributed by atoms with E-state index < -0.39 is 11.7 Å². The lowest BCUT2D eigenvalue weighted by molar-refractivity contribution is -0.133. The number of methoxy groups -OCH3 is 1. The van der Waals surface area contributed by atoms with E-state index in [0.29, 0.717) is 6.42 Å². The van der Waals surface area contributed by atoms with E-state index in [0.717, 1.165) is 22.6 Å². The van der Waals surface area contributed by atoms with Crippen molar-refractivity contribution in [3.8, 4) is 5.75 Å². The summed E-state index contributed by atoms with van der Waals surface area (Å²) in [5.41, 5.74) is 2.53. The van der Waals surface area contributed by atoms with Gasteiger partial charge >= 0.3 is 0 Å². The van der Waals surface area contributed by atoms with Crippen molar-refractivity contribution in [2.45, 2.75) is 12.5 Å². The molecule has 4 rings (SSSR count). The monoisotopic (exact) mass is 445 g/mol. The Morgan fingerprint density at radius 3 is 2.36 bits per heavy atom. The lowest BCUT2D eigenvalue weighted by Crippen LogP contribution is -2.39. The molecule has 3 aromatic rings. The molecule has 6 nitrogen and oxygen atoms in total.